The summed E-state index contributed by atoms with van der Waals surface area (Å²) in [5.41, 5.74) is 0. The Kier molecular flexibility index (Phi) is 8.69. The summed E-state index contributed by atoms with van der Waals surface area (Å²) in [6, 6.07) is 11.3. The van der Waals surface area contributed by atoms with Crippen molar-refractivity contribution in [2.45, 2.75) is 41.5 Å². The van der Waals surface area contributed by atoms with Crippen LogP contribution >= 0.6 is 0 Å². The van der Waals surface area contributed by atoms with Crippen LogP contribution < -0.4 is 4.40 Å². The van der Waals surface area contributed by atoms with E-state index in [1.165, 1.54) is 0 Å². The third-order valence-electron chi connectivity index (χ3n) is 4.77. The molecule has 126 valence electrons. The molecule has 0 radical (unpaired) electrons. The van der Waals surface area contributed by atoms with E-state index >= 15 is 0 Å². The maximum atomic E-state index is 2.79. The van der Waals surface area contributed by atoms with Gasteiger partial charge in [0.05, 0.1) is 0 Å². The average Bonchev–Trinajstić information content (AvgIpc) is 2.58. The molecule has 4 heteroatoms. The molecular weight excluding hydrogens is 331 g/mol. The number of benzene rings is 1. The molecule has 0 atom stereocenters. The van der Waals surface area contributed by atoms with Crippen molar-refractivity contribution in [2.24, 2.45) is 0 Å². The van der Waals surface area contributed by atoms with Crippen LogP contribution in [0.25, 0.3) is 0 Å². The van der Waals surface area contributed by atoms with Crippen LogP contribution in [0, 0.1) is 0 Å². The quantitative estimate of drug-likeness (QED) is 0.590. The number of hydrogen-bond donors (Lipinski definition) is 0. The first-order valence-electron chi connectivity index (χ1n) is 8.97. The van der Waals surface area contributed by atoms with E-state index in [9.17, 15) is 0 Å². The van der Waals surface area contributed by atoms with E-state index in [-0.39, 0.29) is 0 Å². The molecule has 0 aliphatic heterocycles. The molecule has 0 N–H and O–H groups in total. The molecule has 0 saturated carbocycles. The molecule has 0 spiro atoms. The van der Waals surface area contributed by atoms with Crippen LogP contribution in [0.3, 0.4) is 0 Å². The van der Waals surface area contributed by atoms with Gasteiger partial charge < -0.3 is 0 Å². The molecule has 22 heavy (non-hydrogen) atoms. The van der Waals surface area contributed by atoms with Crippen LogP contribution in [0.2, 0.25) is 0 Å². The molecule has 0 aliphatic rings. The summed E-state index contributed by atoms with van der Waals surface area (Å²) in [7, 11) is 0. The summed E-state index contributed by atoms with van der Waals surface area (Å²) in [4.78, 5) is 0. The zero-order valence-electron chi connectivity index (χ0n) is 15.5. The molecule has 1 rings (SSSR count). The third kappa shape index (κ3) is 3.58. The second kappa shape index (κ2) is 9.71. The minimum atomic E-state index is -2.73. The fraction of sp³-hybridized carbons (Fsp3) is 0.667. The Hall–Kier alpha value is -0.357. The van der Waals surface area contributed by atoms with Crippen LogP contribution in [-0.4, -0.2) is 64.8 Å². The van der Waals surface area contributed by atoms with E-state index in [1.54, 1.807) is 4.40 Å². The van der Waals surface area contributed by atoms with Gasteiger partial charge in [-0.3, -0.25) is 0 Å². The Labute approximate surface area is 141 Å². The normalized spacial score (nSPS) is 12.6. The van der Waals surface area contributed by atoms with Gasteiger partial charge in [-0.05, 0) is 0 Å². The number of nitrogens with zero attached hydrogens (tertiary/aromatic N) is 3. The molecule has 0 saturated heterocycles. The molecule has 0 aromatic heterocycles. The molecule has 0 heterocycles. The zero-order chi connectivity index (χ0) is 16.6. The van der Waals surface area contributed by atoms with E-state index in [2.05, 4.69) is 83.4 Å². The van der Waals surface area contributed by atoms with Gasteiger partial charge in [-0.1, -0.05) is 0 Å². The minimum absolute atomic E-state index is 1.12. The fourth-order valence-electron chi connectivity index (χ4n) is 3.80. The molecular formula is C18H35GeN3. The van der Waals surface area contributed by atoms with Crippen LogP contribution in [0.1, 0.15) is 41.5 Å². The summed E-state index contributed by atoms with van der Waals surface area (Å²) in [6.07, 6.45) is 0. The third-order valence-corrected chi connectivity index (χ3v) is 16.6. The van der Waals surface area contributed by atoms with Crippen LogP contribution in [0.4, 0.5) is 0 Å². The number of rotatable bonds is 10. The average molecular weight is 366 g/mol. The summed E-state index contributed by atoms with van der Waals surface area (Å²) >= 11 is -2.73. The van der Waals surface area contributed by atoms with Gasteiger partial charge in [0.2, 0.25) is 0 Å². The van der Waals surface area contributed by atoms with E-state index in [0.29, 0.717) is 0 Å². The van der Waals surface area contributed by atoms with Gasteiger partial charge in [-0.15, -0.1) is 0 Å². The van der Waals surface area contributed by atoms with Gasteiger partial charge in [0, 0.05) is 0 Å². The van der Waals surface area contributed by atoms with Crippen molar-refractivity contribution in [3.05, 3.63) is 30.3 Å². The van der Waals surface area contributed by atoms with Gasteiger partial charge in [-0.2, -0.15) is 0 Å². The standard InChI is InChI=1S/C18H35GeN3/c1-7-20(8-2)19(21(9-3)10-4,22(11-5)12-6)18-16-14-13-15-17-18/h13-17H,7-12H2,1-6H3. The zero-order valence-corrected chi connectivity index (χ0v) is 17.6. The van der Waals surface area contributed by atoms with Crippen molar-refractivity contribution in [1.82, 2.24) is 11.6 Å². The molecule has 1 aromatic rings. The maximum absolute atomic E-state index is 2.79. The number of hydrogen-bond acceptors (Lipinski definition) is 3. The van der Waals surface area contributed by atoms with Gasteiger partial charge >= 0.3 is 141 Å². The molecule has 0 unspecified atom stereocenters. The van der Waals surface area contributed by atoms with E-state index in [4.69, 9.17) is 0 Å². The molecule has 0 bridgehead atoms. The Morgan fingerprint density at radius 2 is 0.909 bits per heavy atom. The summed E-state index contributed by atoms with van der Waals surface area (Å²) < 4.78 is 9.93. The first-order chi connectivity index (χ1) is 10.7. The molecule has 1 aromatic carbocycles. The Morgan fingerprint density at radius 3 is 1.18 bits per heavy atom. The van der Waals surface area contributed by atoms with Gasteiger partial charge in [0.1, 0.15) is 0 Å². The first-order valence-corrected chi connectivity index (χ1v) is 12.8. The van der Waals surface area contributed by atoms with Crippen LogP contribution in [0.15, 0.2) is 30.3 Å². The second-order valence-corrected chi connectivity index (χ2v) is 13.4. The van der Waals surface area contributed by atoms with Gasteiger partial charge in [0.15, 0.2) is 0 Å². The molecule has 3 nitrogen and oxygen atoms in total. The van der Waals surface area contributed by atoms with Gasteiger partial charge in [-0.25, -0.2) is 0 Å². The van der Waals surface area contributed by atoms with Crippen molar-refractivity contribution >= 4 is 18.3 Å². The summed E-state index contributed by atoms with van der Waals surface area (Å²) in [5.74, 6) is 0. The predicted molar refractivity (Wildman–Crippen MR) is 101 cm³/mol. The first kappa shape index (κ1) is 19.7. The fourth-order valence-corrected chi connectivity index (χ4v) is 15.5. The van der Waals surface area contributed by atoms with E-state index in [0.717, 1.165) is 39.3 Å². The van der Waals surface area contributed by atoms with E-state index < -0.39 is 13.9 Å². The van der Waals surface area contributed by atoms with Crippen molar-refractivity contribution < 1.29 is 0 Å². The summed E-state index contributed by atoms with van der Waals surface area (Å²) in [5, 5.41) is 0. The van der Waals surface area contributed by atoms with Crippen LogP contribution in [-0.2, 0) is 0 Å². The Balaban J connectivity index is 3.61. The summed E-state index contributed by atoms with van der Waals surface area (Å²) in [6.45, 7) is 20.7. The Morgan fingerprint density at radius 1 is 0.591 bits per heavy atom. The van der Waals surface area contributed by atoms with Crippen molar-refractivity contribution in [3.63, 3.8) is 0 Å². The predicted octanol–water partition coefficient (Wildman–Crippen LogP) is 2.86. The topological polar surface area (TPSA) is 9.72 Å². The monoisotopic (exact) mass is 367 g/mol. The van der Waals surface area contributed by atoms with Crippen LogP contribution in [0.5, 0.6) is 0 Å². The molecule has 0 aliphatic carbocycles. The molecule has 0 amide bonds. The second-order valence-electron chi connectivity index (χ2n) is 5.52. The Bertz CT molecular complexity index is 367. The SMILES string of the molecule is CC[N](CC)[Ge]([c]1ccccc1)([N](CC)CC)[N](CC)CC. The van der Waals surface area contributed by atoms with E-state index in [1.807, 2.05) is 0 Å². The van der Waals surface area contributed by atoms with Crippen molar-refractivity contribution in [3.8, 4) is 0 Å². The van der Waals surface area contributed by atoms with Gasteiger partial charge in [0.25, 0.3) is 0 Å². The van der Waals surface area contributed by atoms with Crippen molar-refractivity contribution in [2.75, 3.05) is 39.3 Å². The van der Waals surface area contributed by atoms with Crippen molar-refractivity contribution in [1.29, 1.82) is 0 Å². The molecule has 0 fully saturated rings.